The van der Waals surface area contributed by atoms with Crippen LogP contribution in [0.4, 0.5) is 5.69 Å². The number of aromatic nitrogens is 2. The number of halogens is 2. The van der Waals surface area contributed by atoms with Gasteiger partial charge in [-0.1, -0.05) is 29.3 Å². The van der Waals surface area contributed by atoms with Crippen LogP contribution in [0.3, 0.4) is 0 Å². The molecule has 0 aliphatic carbocycles. The van der Waals surface area contributed by atoms with Crippen LogP contribution < -0.4 is 5.73 Å². The zero-order chi connectivity index (χ0) is 19.8. The van der Waals surface area contributed by atoms with Crippen molar-refractivity contribution < 1.29 is 0 Å². The molecule has 0 saturated carbocycles. The van der Waals surface area contributed by atoms with Crippen LogP contribution in [0.5, 0.6) is 0 Å². The number of nitrogens with zero attached hydrogens (tertiary/aromatic N) is 4. The minimum atomic E-state index is 0.533. The number of rotatable bonds is 4. The number of likely N-dealkylation sites (tertiary alicyclic amines) is 1. The van der Waals surface area contributed by atoms with Gasteiger partial charge in [0.2, 0.25) is 0 Å². The number of nitrogens with two attached hydrogens (primary N) is 1. The van der Waals surface area contributed by atoms with Crippen LogP contribution in [-0.2, 0) is 6.54 Å². The number of nitrogen functional groups attached to an aromatic ring is 1. The molecule has 0 atom stereocenters. The molecule has 2 N–H and O–H groups in total. The van der Waals surface area contributed by atoms with Crippen LogP contribution in [-0.4, -0.2) is 52.4 Å². The van der Waals surface area contributed by atoms with Crippen molar-refractivity contribution in [1.29, 1.82) is 0 Å². The van der Waals surface area contributed by atoms with E-state index in [1.54, 1.807) is 0 Å². The summed E-state index contributed by atoms with van der Waals surface area (Å²) in [6.07, 6.45) is 4.29. The van der Waals surface area contributed by atoms with E-state index in [1.807, 2.05) is 36.5 Å². The summed E-state index contributed by atoms with van der Waals surface area (Å²) in [6, 6.07) is 10.1. The second kappa shape index (κ2) is 7.91. The molecular formula is C21H25Cl2N5. The molecule has 0 radical (unpaired) electrons. The predicted octanol–water partition coefficient (Wildman–Crippen LogP) is 4.42. The van der Waals surface area contributed by atoms with Crippen molar-refractivity contribution in [2.24, 2.45) is 0 Å². The fourth-order valence-corrected chi connectivity index (χ4v) is 4.23. The molecule has 1 saturated heterocycles. The van der Waals surface area contributed by atoms with E-state index in [0.717, 1.165) is 42.2 Å². The van der Waals surface area contributed by atoms with Crippen molar-refractivity contribution in [1.82, 2.24) is 19.2 Å². The van der Waals surface area contributed by atoms with Gasteiger partial charge in [0.05, 0.1) is 21.4 Å². The summed E-state index contributed by atoms with van der Waals surface area (Å²) in [6.45, 7) is 3.05. The third-order valence-corrected chi connectivity index (χ3v) is 6.38. The average Bonchev–Trinajstić information content (AvgIpc) is 3.02. The Kier molecular flexibility index (Phi) is 5.52. The molecule has 1 fully saturated rings. The number of imidazole rings is 1. The first-order chi connectivity index (χ1) is 13.4. The maximum absolute atomic E-state index is 6.28. The first-order valence-corrected chi connectivity index (χ1v) is 10.3. The molecule has 7 heteroatoms. The molecule has 1 aromatic carbocycles. The second-order valence-corrected chi connectivity index (χ2v) is 8.49. The number of hydrogen-bond acceptors (Lipinski definition) is 4. The topological polar surface area (TPSA) is 49.8 Å². The Morgan fingerprint density at radius 1 is 1.14 bits per heavy atom. The zero-order valence-electron chi connectivity index (χ0n) is 16.2. The normalized spacial score (nSPS) is 16.3. The fourth-order valence-electron chi connectivity index (χ4n) is 3.94. The van der Waals surface area contributed by atoms with Crippen LogP contribution in [0.25, 0.3) is 16.9 Å². The Bertz CT molecular complexity index is 992. The van der Waals surface area contributed by atoms with E-state index in [1.165, 1.54) is 12.8 Å². The molecule has 1 aliphatic rings. The van der Waals surface area contributed by atoms with Crippen molar-refractivity contribution in [2.75, 3.05) is 32.9 Å². The monoisotopic (exact) mass is 417 g/mol. The van der Waals surface area contributed by atoms with Gasteiger partial charge >= 0.3 is 0 Å². The van der Waals surface area contributed by atoms with Gasteiger partial charge < -0.3 is 15.0 Å². The lowest BCUT2D eigenvalue weighted by Gasteiger charge is -2.35. The molecule has 0 spiro atoms. The molecular weight excluding hydrogens is 393 g/mol. The smallest absolute Gasteiger partial charge is 0.137 e. The Morgan fingerprint density at radius 3 is 2.61 bits per heavy atom. The molecule has 3 aromatic rings. The summed E-state index contributed by atoms with van der Waals surface area (Å²) >= 11 is 12.4. The van der Waals surface area contributed by atoms with Gasteiger partial charge in [0.25, 0.3) is 0 Å². The molecule has 0 bridgehead atoms. The highest BCUT2D eigenvalue weighted by molar-refractivity contribution is 6.42. The Balaban J connectivity index is 1.74. The predicted molar refractivity (Wildman–Crippen MR) is 117 cm³/mol. The molecule has 4 rings (SSSR count). The molecule has 3 heterocycles. The minimum absolute atomic E-state index is 0.533. The van der Waals surface area contributed by atoms with Crippen LogP contribution in [0, 0.1) is 0 Å². The van der Waals surface area contributed by atoms with E-state index in [9.17, 15) is 0 Å². The Hall–Kier alpha value is -1.79. The summed E-state index contributed by atoms with van der Waals surface area (Å²) < 4.78 is 2.10. The maximum atomic E-state index is 6.28. The third-order valence-electron chi connectivity index (χ3n) is 5.64. The first kappa shape index (κ1) is 19.5. The molecule has 2 aromatic heterocycles. The van der Waals surface area contributed by atoms with Gasteiger partial charge in [-0.15, -0.1) is 0 Å². The number of hydrogen-bond donors (Lipinski definition) is 1. The van der Waals surface area contributed by atoms with Gasteiger partial charge in [0, 0.05) is 30.0 Å². The summed E-state index contributed by atoms with van der Waals surface area (Å²) in [7, 11) is 4.38. The highest BCUT2D eigenvalue weighted by Crippen LogP contribution is 2.32. The van der Waals surface area contributed by atoms with E-state index >= 15 is 0 Å². The van der Waals surface area contributed by atoms with Crippen molar-refractivity contribution in [3.8, 4) is 11.3 Å². The average molecular weight is 418 g/mol. The summed E-state index contributed by atoms with van der Waals surface area (Å²) in [5.41, 5.74) is 10.7. The first-order valence-electron chi connectivity index (χ1n) is 9.53. The number of fused-ring (bicyclic) bond motifs is 1. The van der Waals surface area contributed by atoms with Crippen molar-refractivity contribution in [3.05, 3.63) is 52.3 Å². The third kappa shape index (κ3) is 3.85. The largest absolute Gasteiger partial charge is 0.398 e. The van der Waals surface area contributed by atoms with Crippen molar-refractivity contribution in [2.45, 2.75) is 25.4 Å². The highest BCUT2D eigenvalue weighted by Gasteiger charge is 2.23. The highest BCUT2D eigenvalue weighted by atomic mass is 35.5. The summed E-state index contributed by atoms with van der Waals surface area (Å²) in [4.78, 5) is 9.70. The van der Waals surface area contributed by atoms with Crippen molar-refractivity contribution in [3.63, 3.8) is 0 Å². The minimum Gasteiger partial charge on any atom is -0.398 e. The Labute approximate surface area is 175 Å². The van der Waals surface area contributed by atoms with Gasteiger partial charge in [-0.2, -0.15) is 0 Å². The van der Waals surface area contributed by atoms with Gasteiger partial charge in [-0.3, -0.25) is 4.90 Å². The van der Waals surface area contributed by atoms with E-state index in [2.05, 4.69) is 28.3 Å². The lowest BCUT2D eigenvalue weighted by Crippen LogP contribution is -2.41. The number of anilines is 1. The number of benzene rings is 1. The molecule has 0 unspecified atom stereocenters. The van der Waals surface area contributed by atoms with Crippen LogP contribution in [0.1, 0.15) is 18.5 Å². The molecule has 1 aliphatic heterocycles. The fraction of sp³-hybridized carbons (Fsp3) is 0.381. The standard InChI is InChI=1S/C21H25Cl2N5/c1-26-9-7-16(8-10-26)27(2)13-19-21(14-3-5-17(22)18(23)11-14)25-20-6-4-15(24)12-28(19)20/h3-6,11-12,16H,7-10,13,24H2,1-2H3. The molecule has 5 nitrogen and oxygen atoms in total. The van der Waals surface area contributed by atoms with Gasteiger partial charge in [0.1, 0.15) is 5.65 Å². The lowest BCUT2D eigenvalue weighted by molar-refractivity contribution is 0.138. The van der Waals surface area contributed by atoms with Crippen molar-refractivity contribution >= 4 is 34.5 Å². The van der Waals surface area contributed by atoms with Gasteiger partial charge in [-0.25, -0.2) is 4.98 Å². The second-order valence-electron chi connectivity index (χ2n) is 7.68. The van der Waals surface area contributed by atoms with Gasteiger partial charge in [-0.05, 0) is 64.3 Å². The van der Waals surface area contributed by atoms with E-state index in [0.29, 0.717) is 21.8 Å². The number of pyridine rings is 1. The van der Waals surface area contributed by atoms with Crippen LogP contribution in [0.2, 0.25) is 10.0 Å². The van der Waals surface area contributed by atoms with E-state index in [4.69, 9.17) is 33.9 Å². The Morgan fingerprint density at radius 2 is 1.89 bits per heavy atom. The van der Waals surface area contributed by atoms with E-state index in [-0.39, 0.29) is 0 Å². The summed E-state index contributed by atoms with van der Waals surface area (Å²) in [5, 5.41) is 1.08. The zero-order valence-corrected chi connectivity index (χ0v) is 17.7. The quantitative estimate of drug-likeness (QED) is 0.682. The molecule has 0 amide bonds. The maximum Gasteiger partial charge on any atom is 0.137 e. The van der Waals surface area contributed by atoms with Gasteiger partial charge in [0.15, 0.2) is 0 Å². The molecule has 148 valence electrons. The van der Waals surface area contributed by atoms with E-state index < -0.39 is 0 Å². The molecule has 28 heavy (non-hydrogen) atoms. The lowest BCUT2D eigenvalue weighted by atomic mass is 10.0. The van der Waals surface area contributed by atoms with Crippen LogP contribution >= 0.6 is 23.2 Å². The summed E-state index contributed by atoms with van der Waals surface area (Å²) in [5.74, 6) is 0. The number of piperidine rings is 1. The SMILES string of the molecule is CN1CCC(N(C)Cc2c(-c3ccc(Cl)c(Cl)c3)nc3ccc(N)cn23)CC1. The van der Waals surface area contributed by atoms with Crippen LogP contribution in [0.15, 0.2) is 36.5 Å².